The Hall–Kier alpha value is -3.77. The summed E-state index contributed by atoms with van der Waals surface area (Å²) in [6.07, 6.45) is -18.9. The molecule has 0 radical (unpaired) electrons. The van der Waals surface area contributed by atoms with Gasteiger partial charge in [0.05, 0.1) is 25.9 Å². The molecule has 0 bridgehead atoms. The van der Waals surface area contributed by atoms with Gasteiger partial charge in [-0.1, -0.05) is 30.4 Å². The zero-order valence-corrected chi connectivity index (χ0v) is 29.3. The summed E-state index contributed by atoms with van der Waals surface area (Å²) in [6.45, 7) is -0.278. The van der Waals surface area contributed by atoms with Crippen LogP contribution in [0.25, 0.3) is 12.2 Å². The molecule has 2 aromatic carbocycles. The van der Waals surface area contributed by atoms with E-state index >= 15 is 0 Å². The first-order valence-corrected chi connectivity index (χ1v) is 17.3. The zero-order chi connectivity index (χ0) is 40.0. The number of ether oxygens (including phenoxy) is 7. The van der Waals surface area contributed by atoms with Crippen LogP contribution < -0.4 is 0 Å². The highest BCUT2D eigenvalue weighted by atomic mass is 16.8. The van der Waals surface area contributed by atoms with Crippen LogP contribution in [0.15, 0.2) is 54.6 Å². The monoisotopic (exact) mass is 782 g/mol. The molecule has 19 heteroatoms. The number of aliphatic hydroxyl groups excluding tert-OH is 8. The summed E-state index contributed by atoms with van der Waals surface area (Å²) in [5, 5.41) is 113. The van der Waals surface area contributed by atoms with Crippen LogP contribution in [-0.4, -0.2) is 174 Å². The highest BCUT2D eigenvalue weighted by molar-refractivity contribution is 5.87. The first-order valence-electron chi connectivity index (χ1n) is 17.3. The molecule has 0 unspecified atom stereocenters. The number of rotatable bonds is 13. The van der Waals surface area contributed by atoms with Gasteiger partial charge in [0.2, 0.25) is 0 Å². The molecule has 0 aromatic heterocycles. The van der Waals surface area contributed by atoms with Gasteiger partial charge in [0.25, 0.3) is 0 Å². The molecular weight excluding hydrogens is 736 g/mol. The van der Waals surface area contributed by atoms with E-state index in [4.69, 9.17) is 33.2 Å². The van der Waals surface area contributed by atoms with Gasteiger partial charge in [0.15, 0.2) is 36.5 Å². The highest BCUT2D eigenvalue weighted by Gasteiger charge is 2.54. The maximum Gasteiger partial charge on any atom is 0.331 e. The average Bonchev–Trinajstić information content (AvgIpc) is 3.17. The standard InChI is InChI=1S/C36H46O19/c1-16-31(54-36-28(46)26(44)25(43)22(14-37)51-36)27(45)29(47)35(50-16)55-33-30(48)34(49-12-2-3-17-4-8-19(39)9-5-17)52-23(15-38)32(33)53-24(42)11-7-18-6-10-20(40)21(41)13-18/h2-11,13,16,22-23,25-41,43-48H,12,14-15H2,1H3/b3-2+,11-7+/t16-,22-,23+,25-,26+,27+,28-,29+,30+,31-,32-,33+,34+,35-,36+/m1/s1. The molecule has 0 aliphatic carbocycles. The van der Waals surface area contributed by atoms with Gasteiger partial charge < -0.3 is 89.3 Å². The van der Waals surface area contributed by atoms with Crippen molar-refractivity contribution in [3.05, 3.63) is 65.7 Å². The Morgan fingerprint density at radius 2 is 1.27 bits per heavy atom. The molecule has 2 aromatic rings. The maximum atomic E-state index is 13.0. The smallest absolute Gasteiger partial charge is 0.331 e. The Morgan fingerprint density at radius 3 is 1.95 bits per heavy atom. The molecule has 15 atom stereocenters. The van der Waals surface area contributed by atoms with Crippen molar-refractivity contribution in [2.75, 3.05) is 19.8 Å². The van der Waals surface area contributed by atoms with Crippen LogP contribution in [0.5, 0.6) is 17.2 Å². The molecule has 3 aliphatic heterocycles. The Balaban J connectivity index is 1.33. The van der Waals surface area contributed by atoms with E-state index in [9.17, 15) is 61.0 Å². The largest absolute Gasteiger partial charge is 0.508 e. The highest BCUT2D eigenvalue weighted by Crippen LogP contribution is 2.34. The Morgan fingerprint density at radius 1 is 0.655 bits per heavy atom. The minimum atomic E-state index is -1.94. The third-order valence-corrected chi connectivity index (χ3v) is 9.23. The number of aliphatic hydroxyl groups is 8. The lowest BCUT2D eigenvalue weighted by Gasteiger charge is -2.48. The summed E-state index contributed by atoms with van der Waals surface area (Å²) >= 11 is 0. The van der Waals surface area contributed by atoms with Gasteiger partial charge in [0.1, 0.15) is 66.8 Å². The number of phenols is 3. The van der Waals surface area contributed by atoms with Gasteiger partial charge >= 0.3 is 5.97 Å². The van der Waals surface area contributed by atoms with Crippen molar-refractivity contribution in [1.82, 2.24) is 0 Å². The second-order valence-electron chi connectivity index (χ2n) is 13.1. The van der Waals surface area contributed by atoms with Crippen LogP contribution in [0.4, 0.5) is 0 Å². The molecule has 0 saturated carbocycles. The number of carbonyl (C=O) groups excluding carboxylic acids is 1. The normalized spacial score (nSPS) is 37.0. The van der Waals surface area contributed by atoms with Crippen LogP contribution >= 0.6 is 0 Å². The molecule has 3 saturated heterocycles. The summed E-state index contributed by atoms with van der Waals surface area (Å²) in [7, 11) is 0. The molecule has 5 rings (SSSR count). The maximum absolute atomic E-state index is 13.0. The van der Waals surface area contributed by atoms with Gasteiger partial charge in [0, 0.05) is 6.08 Å². The number of carbonyl (C=O) groups is 1. The molecule has 0 amide bonds. The van der Waals surface area contributed by atoms with Crippen LogP contribution in [-0.2, 0) is 38.0 Å². The second kappa shape index (κ2) is 18.9. The quantitative estimate of drug-likeness (QED) is 0.0572. The number of benzene rings is 2. The number of aromatic hydroxyl groups is 3. The number of esters is 1. The number of phenolic OH excluding ortho intramolecular Hbond substituents is 3. The molecule has 11 N–H and O–H groups in total. The number of hydrogen-bond acceptors (Lipinski definition) is 19. The third-order valence-electron chi connectivity index (χ3n) is 9.23. The van der Waals surface area contributed by atoms with E-state index in [1.54, 1.807) is 24.3 Å². The van der Waals surface area contributed by atoms with E-state index in [2.05, 4.69) is 0 Å². The summed E-state index contributed by atoms with van der Waals surface area (Å²) < 4.78 is 39.8. The van der Waals surface area contributed by atoms with Crippen molar-refractivity contribution in [2.45, 2.75) is 99.0 Å². The SMILES string of the molecule is C[C@H]1O[C@H](O[C@H]2[C@H](O)[C@@H](OC/C=C/c3ccc(O)cc3)O[C@@H](CO)[C@H]2OC(=O)/C=C/c2ccc(O)c(O)c2)[C@@H](O)[C@H](O)[C@@H]1O[C@@H]1O[C@H](CO)[C@@H](O)[C@H](O)[C@H]1O. The Labute approximate surface area is 314 Å². The van der Waals surface area contributed by atoms with Crippen molar-refractivity contribution < 1.29 is 94.1 Å². The van der Waals surface area contributed by atoms with Crippen molar-refractivity contribution in [3.63, 3.8) is 0 Å². The first kappa shape index (κ1) is 42.4. The summed E-state index contributed by atoms with van der Waals surface area (Å²) in [5.74, 6) is -1.78. The fraction of sp³-hybridized carbons (Fsp3) is 0.528. The molecule has 0 spiro atoms. The molecule has 55 heavy (non-hydrogen) atoms. The third kappa shape index (κ3) is 10.2. The summed E-state index contributed by atoms with van der Waals surface area (Å²) in [6, 6.07) is 10.0. The minimum Gasteiger partial charge on any atom is -0.508 e. The van der Waals surface area contributed by atoms with Crippen molar-refractivity contribution in [1.29, 1.82) is 0 Å². The lowest BCUT2D eigenvalue weighted by molar-refractivity contribution is -0.376. The first-order chi connectivity index (χ1) is 26.2. The van der Waals surface area contributed by atoms with E-state index in [0.29, 0.717) is 11.1 Å². The average molecular weight is 783 g/mol. The van der Waals surface area contributed by atoms with Gasteiger partial charge in [-0.25, -0.2) is 4.79 Å². The van der Waals surface area contributed by atoms with E-state index in [-0.39, 0.29) is 18.1 Å². The molecular formula is C36H46O19. The van der Waals surface area contributed by atoms with Crippen LogP contribution in [0.2, 0.25) is 0 Å². The minimum absolute atomic E-state index is 0.0736. The van der Waals surface area contributed by atoms with Crippen molar-refractivity contribution >= 4 is 18.1 Å². The Bertz CT molecular complexity index is 1600. The van der Waals surface area contributed by atoms with E-state index < -0.39 is 117 Å². The molecule has 19 nitrogen and oxygen atoms in total. The lowest BCUT2D eigenvalue weighted by Crippen LogP contribution is -2.66. The molecule has 304 valence electrons. The van der Waals surface area contributed by atoms with Gasteiger partial charge in [-0.15, -0.1) is 0 Å². The van der Waals surface area contributed by atoms with E-state index in [0.717, 1.165) is 6.08 Å². The van der Waals surface area contributed by atoms with Gasteiger partial charge in [-0.05, 0) is 48.4 Å². The van der Waals surface area contributed by atoms with Gasteiger partial charge in [-0.3, -0.25) is 0 Å². The van der Waals surface area contributed by atoms with E-state index in [1.165, 1.54) is 43.3 Å². The topological polar surface area (TPSA) is 304 Å². The Kier molecular flexibility index (Phi) is 14.6. The van der Waals surface area contributed by atoms with Crippen LogP contribution in [0.1, 0.15) is 18.1 Å². The summed E-state index contributed by atoms with van der Waals surface area (Å²) in [5.41, 5.74) is 1.02. The fourth-order valence-electron chi connectivity index (χ4n) is 6.17. The predicted octanol–water partition coefficient (Wildman–Crippen LogP) is -2.43. The number of hydrogen-bond donors (Lipinski definition) is 11. The molecule has 3 fully saturated rings. The van der Waals surface area contributed by atoms with Crippen molar-refractivity contribution in [3.8, 4) is 17.2 Å². The fourth-order valence-corrected chi connectivity index (χ4v) is 6.17. The molecule has 3 aliphatic rings. The zero-order valence-electron chi connectivity index (χ0n) is 29.3. The van der Waals surface area contributed by atoms with Crippen LogP contribution in [0, 0.1) is 0 Å². The van der Waals surface area contributed by atoms with Gasteiger partial charge in [-0.2, -0.15) is 0 Å². The molecule has 3 heterocycles. The van der Waals surface area contributed by atoms with E-state index in [1.807, 2.05) is 0 Å². The van der Waals surface area contributed by atoms with Crippen LogP contribution in [0.3, 0.4) is 0 Å². The van der Waals surface area contributed by atoms with Crippen molar-refractivity contribution in [2.24, 2.45) is 0 Å². The lowest BCUT2D eigenvalue weighted by atomic mass is 9.96. The summed E-state index contributed by atoms with van der Waals surface area (Å²) in [4.78, 5) is 13.0. The predicted molar refractivity (Wildman–Crippen MR) is 183 cm³/mol. The second-order valence-corrected chi connectivity index (χ2v) is 13.1.